The van der Waals surface area contributed by atoms with E-state index in [9.17, 15) is 14.7 Å². The van der Waals surface area contributed by atoms with E-state index in [0.717, 1.165) is 3.57 Å². The fraction of sp³-hybridized carbons (Fsp3) is 0.615. The van der Waals surface area contributed by atoms with Gasteiger partial charge in [-0.1, -0.05) is 26.0 Å². The van der Waals surface area contributed by atoms with Gasteiger partial charge in [-0.15, -0.1) is 0 Å². The maximum absolute atomic E-state index is 13.3. The van der Waals surface area contributed by atoms with Crippen LogP contribution in [0.1, 0.15) is 47.0 Å². The summed E-state index contributed by atoms with van der Waals surface area (Å²) >= 11 is 2.16. The van der Waals surface area contributed by atoms with Crippen molar-refractivity contribution < 1.29 is 29.3 Å². The number of rotatable bonds is 13. The Kier molecular flexibility index (Phi) is 12.5. The molecule has 0 spiro atoms. The van der Waals surface area contributed by atoms with Crippen LogP contribution in [0.2, 0.25) is 0 Å². The molecule has 0 fully saturated rings. The highest BCUT2D eigenvalue weighted by atomic mass is 127. The highest BCUT2D eigenvalue weighted by molar-refractivity contribution is 14.1. The van der Waals surface area contributed by atoms with Crippen LogP contribution < -0.4 is 10.1 Å². The van der Waals surface area contributed by atoms with Crippen molar-refractivity contribution in [2.24, 2.45) is 5.92 Å². The molecular weight excluding hydrogens is 563 g/mol. The Balaban J connectivity index is 2.34. The summed E-state index contributed by atoms with van der Waals surface area (Å²) in [4.78, 5) is 27.8. The second kappa shape index (κ2) is 14.8. The van der Waals surface area contributed by atoms with E-state index in [-0.39, 0.29) is 43.4 Å². The van der Waals surface area contributed by atoms with Gasteiger partial charge in [-0.3, -0.25) is 9.59 Å². The van der Waals surface area contributed by atoms with Gasteiger partial charge in [-0.05, 0) is 67.0 Å². The van der Waals surface area contributed by atoms with Gasteiger partial charge in [0.05, 0.1) is 22.3 Å². The van der Waals surface area contributed by atoms with Crippen LogP contribution in [0.5, 0.6) is 5.75 Å². The van der Waals surface area contributed by atoms with Crippen molar-refractivity contribution >= 4 is 34.4 Å². The monoisotopic (exact) mass is 602 g/mol. The highest BCUT2D eigenvalue weighted by Gasteiger charge is 2.40. The van der Waals surface area contributed by atoms with E-state index in [1.165, 1.54) is 0 Å². The smallest absolute Gasteiger partial charge is 0.247 e. The molecule has 3 unspecified atom stereocenters. The number of aliphatic hydroxyl groups excluding tert-OH is 2. The molecule has 2 rings (SSSR count). The number of benzene rings is 1. The minimum absolute atomic E-state index is 0.0707. The van der Waals surface area contributed by atoms with Crippen molar-refractivity contribution in [1.29, 1.82) is 0 Å². The van der Waals surface area contributed by atoms with Crippen LogP contribution in [0.4, 0.5) is 0 Å². The second-order valence-corrected chi connectivity index (χ2v) is 10.6. The lowest BCUT2D eigenvalue weighted by Gasteiger charge is -2.41. The normalized spacial score (nSPS) is 20.0. The summed E-state index contributed by atoms with van der Waals surface area (Å²) in [6.07, 6.45) is 1.02. The molecule has 1 aromatic carbocycles. The largest absolute Gasteiger partial charge is 0.482 e. The number of hydrogen-bond donors (Lipinski definition) is 3. The lowest BCUT2D eigenvalue weighted by atomic mass is 9.87. The van der Waals surface area contributed by atoms with Gasteiger partial charge >= 0.3 is 0 Å². The summed E-state index contributed by atoms with van der Waals surface area (Å²) in [5.74, 6) is 0.332. The molecule has 35 heavy (non-hydrogen) atoms. The molecule has 0 aliphatic heterocycles. The van der Waals surface area contributed by atoms with Crippen LogP contribution in [0.25, 0.3) is 0 Å². The van der Waals surface area contributed by atoms with Gasteiger partial charge in [-0.2, -0.15) is 0 Å². The van der Waals surface area contributed by atoms with Crippen LogP contribution in [-0.4, -0.2) is 77.6 Å². The van der Waals surface area contributed by atoms with E-state index in [4.69, 9.17) is 14.6 Å². The summed E-state index contributed by atoms with van der Waals surface area (Å²) in [5, 5.41) is 23.2. The molecule has 3 atom stereocenters. The lowest BCUT2D eigenvalue weighted by Crippen LogP contribution is -2.55. The molecule has 1 aliphatic rings. The molecule has 0 saturated heterocycles. The van der Waals surface area contributed by atoms with Gasteiger partial charge in [-0.25, -0.2) is 0 Å². The van der Waals surface area contributed by atoms with Gasteiger partial charge in [0.15, 0.2) is 0 Å². The van der Waals surface area contributed by atoms with E-state index < -0.39 is 18.2 Å². The van der Waals surface area contributed by atoms with Gasteiger partial charge < -0.3 is 29.9 Å². The van der Waals surface area contributed by atoms with Crippen molar-refractivity contribution in [1.82, 2.24) is 10.2 Å². The summed E-state index contributed by atoms with van der Waals surface area (Å²) in [6.45, 7) is 8.71. The van der Waals surface area contributed by atoms with Crippen LogP contribution in [-0.2, 0) is 14.3 Å². The maximum atomic E-state index is 13.3. The molecule has 1 aromatic rings. The quantitative estimate of drug-likeness (QED) is 0.237. The van der Waals surface area contributed by atoms with E-state index >= 15 is 0 Å². The summed E-state index contributed by atoms with van der Waals surface area (Å²) in [5.41, 5.74) is 0.422. The number of nitrogens with one attached hydrogen (secondary N) is 1. The Bertz CT molecular complexity index is 860. The fourth-order valence-corrected chi connectivity index (χ4v) is 4.48. The van der Waals surface area contributed by atoms with Crippen LogP contribution in [0, 0.1) is 9.49 Å². The lowest BCUT2D eigenvalue weighted by molar-refractivity contribution is -0.139. The van der Waals surface area contributed by atoms with Gasteiger partial charge in [0.25, 0.3) is 0 Å². The number of ether oxygens (including phenoxy) is 2. The molecule has 8 nitrogen and oxygen atoms in total. The Morgan fingerprint density at radius 3 is 2.57 bits per heavy atom. The number of aliphatic hydroxyl groups is 2. The third-order valence-corrected chi connectivity index (χ3v) is 6.50. The number of nitrogens with zero attached hydrogens (tertiary/aromatic N) is 1. The number of carbonyl (C=O) groups excluding carboxylic acids is 2. The molecule has 2 amide bonds. The molecule has 0 bridgehead atoms. The zero-order valence-electron chi connectivity index (χ0n) is 21.1. The number of para-hydroxylation sites is 1. The van der Waals surface area contributed by atoms with Crippen molar-refractivity contribution in [3.05, 3.63) is 39.5 Å². The number of halogens is 1. The van der Waals surface area contributed by atoms with Crippen LogP contribution in [0.15, 0.2) is 35.9 Å². The Labute approximate surface area is 222 Å². The number of hydrogen-bond acceptors (Lipinski definition) is 6. The molecule has 0 heterocycles. The molecule has 0 radical (unpaired) electrons. The molecule has 0 saturated carbocycles. The van der Waals surface area contributed by atoms with E-state index in [2.05, 4.69) is 27.9 Å². The second-order valence-electron chi connectivity index (χ2n) is 9.40. The Hall–Kier alpha value is -1.69. The van der Waals surface area contributed by atoms with E-state index in [0.29, 0.717) is 37.3 Å². The average molecular weight is 603 g/mol. The number of carbonyl (C=O) groups is 2. The van der Waals surface area contributed by atoms with Gasteiger partial charge in [0.2, 0.25) is 11.8 Å². The van der Waals surface area contributed by atoms with E-state index in [1.807, 2.05) is 52.0 Å². The maximum Gasteiger partial charge on any atom is 0.247 e. The predicted octanol–water partition coefficient (Wildman–Crippen LogP) is 2.90. The van der Waals surface area contributed by atoms with Crippen molar-refractivity contribution in [3.63, 3.8) is 0 Å². The third kappa shape index (κ3) is 9.36. The zero-order valence-corrected chi connectivity index (χ0v) is 23.2. The molecular formula is C26H39IN2O6. The molecule has 0 aromatic heterocycles. The van der Waals surface area contributed by atoms with E-state index in [1.54, 1.807) is 11.0 Å². The van der Waals surface area contributed by atoms with Crippen molar-refractivity contribution in [3.8, 4) is 5.75 Å². The minimum atomic E-state index is -1.03. The molecule has 1 aliphatic carbocycles. The van der Waals surface area contributed by atoms with Crippen molar-refractivity contribution in [2.75, 3.05) is 26.3 Å². The third-order valence-electron chi connectivity index (χ3n) is 5.61. The van der Waals surface area contributed by atoms with Crippen molar-refractivity contribution in [2.45, 2.75) is 71.3 Å². The van der Waals surface area contributed by atoms with Crippen LogP contribution in [0.3, 0.4) is 0 Å². The van der Waals surface area contributed by atoms with Crippen LogP contribution >= 0.6 is 22.6 Å². The van der Waals surface area contributed by atoms with Gasteiger partial charge in [0.1, 0.15) is 18.0 Å². The Morgan fingerprint density at radius 1 is 1.23 bits per heavy atom. The molecule has 9 heteroatoms. The number of amides is 2. The standard InChI is InChI=1S/C26H39IN2O6/c1-17(2)14-24(31)29(11-7-13-34-18(3)4)21-15-19(26(33)28-10-12-30)16-23(25(21)32)35-22-9-6-5-8-20(22)27/h5-6,8-9,16-18,21,23,25,30,32H,7,10-15H2,1-4H3,(H,28,33). The average Bonchev–Trinajstić information content (AvgIpc) is 2.79. The SMILES string of the molecule is CC(C)CC(=O)N(CCCOC(C)C)C1CC(C(=O)NCCO)=CC(Oc2ccccc2I)C1O. The first-order valence-electron chi connectivity index (χ1n) is 12.2. The summed E-state index contributed by atoms with van der Waals surface area (Å²) < 4.78 is 12.7. The first-order valence-corrected chi connectivity index (χ1v) is 13.3. The molecule has 196 valence electrons. The highest BCUT2D eigenvalue weighted by Crippen LogP contribution is 2.30. The minimum Gasteiger partial charge on any atom is -0.482 e. The predicted molar refractivity (Wildman–Crippen MR) is 143 cm³/mol. The first kappa shape index (κ1) is 29.5. The topological polar surface area (TPSA) is 108 Å². The Morgan fingerprint density at radius 2 is 1.94 bits per heavy atom. The van der Waals surface area contributed by atoms with Gasteiger partial charge in [0, 0.05) is 38.1 Å². The first-order chi connectivity index (χ1) is 16.6. The fourth-order valence-electron chi connectivity index (χ4n) is 3.96. The summed E-state index contributed by atoms with van der Waals surface area (Å²) in [7, 11) is 0. The summed E-state index contributed by atoms with van der Waals surface area (Å²) in [6, 6.07) is 6.81. The molecule has 3 N–H and O–H groups in total. The zero-order chi connectivity index (χ0) is 26.0.